The highest BCUT2D eigenvalue weighted by molar-refractivity contribution is 5.81. The second-order valence-corrected chi connectivity index (χ2v) is 7.15. The maximum absolute atomic E-state index is 13.4. The van der Waals surface area contributed by atoms with Crippen molar-refractivity contribution in [1.82, 2.24) is 25.1 Å². The van der Waals surface area contributed by atoms with Crippen molar-refractivity contribution in [1.29, 1.82) is 0 Å². The van der Waals surface area contributed by atoms with Gasteiger partial charge in [-0.2, -0.15) is 13.2 Å². The lowest BCUT2D eigenvalue weighted by molar-refractivity contribution is -0.141. The first-order valence-corrected chi connectivity index (χ1v) is 9.01. The number of halogens is 3. The van der Waals surface area contributed by atoms with Gasteiger partial charge in [-0.05, 0) is 26.0 Å². The number of alkyl halides is 3. The maximum Gasteiger partial charge on any atom is 0.431 e. The number of fused-ring (bicyclic) bond motifs is 1. The molecule has 1 aliphatic heterocycles. The SMILES string of the molecule is CC(C)NC(=O)CN1CCN(Cc2c(C(F)(F)F)[nH]c3ncccc23)CC1. The van der Waals surface area contributed by atoms with E-state index in [1.54, 1.807) is 12.1 Å². The summed E-state index contributed by atoms with van der Waals surface area (Å²) in [6.45, 7) is 6.84. The van der Waals surface area contributed by atoms with Crippen LogP contribution in [-0.4, -0.2) is 64.4 Å². The summed E-state index contributed by atoms with van der Waals surface area (Å²) in [5.74, 6) is -0.0273. The van der Waals surface area contributed by atoms with Crippen molar-refractivity contribution >= 4 is 16.9 Å². The van der Waals surface area contributed by atoms with E-state index in [1.165, 1.54) is 6.20 Å². The van der Waals surface area contributed by atoms with E-state index in [-0.39, 0.29) is 29.7 Å². The molecule has 0 unspecified atom stereocenters. The van der Waals surface area contributed by atoms with Gasteiger partial charge in [0.1, 0.15) is 11.3 Å². The van der Waals surface area contributed by atoms with Gasteiger partial charge in [0.15, 0.2) is 0 Å². The number of carbonyl (C=O) groups is 1. The fourth-order valence-electron chi connectivity index (χ4n) is 3.38. The molecule has 2 aromatic rings. The molecule has 2 aromatic heterocycles. The van der Waals surface area contributed by atoms with E-state index in [9.17, 15) is 18.0 Å². The molecule has 3 heterocycles. The van der Waals surface area contributed by atoms with E-state index < -0.39 is 11.9 Å². The van der Waals surface area contributed by atoms with Crippen LogP contribution in [0, 0.1) is 0 Å². The molecule has 0 atom stereocenters. The third kappa shape index (κ3) is 4.78. The van der Waals surface area contributed by atoms with Crippen LogP contribution < -0.4 is 5.32 Å². The zero-order valence-electron chi connectivity index (χ0n) is 15.4. The van der Waals surface area contributed by atoms with Crippen LogP contribution >= 0.6 is 0 Å². The van der Waals surface area contributed by atoms with E-state index in [4.69, 9.17) is 0 Å². The van der Waals surface area contributed by atoms with Gasteiger partial charge in [0, 0.05) is 55.9 Å². The van der Waals surface area contributed by atoms with Crippen molar-refractivity contribution in [2.45, 2.75) is 32.6 Å². The Balaban J connectivity index is 1.66. The lowest BCUT2D eigenvalue weighted by atomic mass is 10.1. The molecule has 1 aliphatic rings. The molecule has 0 aliphatic carbocycles. The lowest BCUT2D eigenvalue weighted by Gasteiger charge is -2.34. The van der Waals surface area contributed by atoms with E-state index in [0.717, 1.165) is 0 Å². The standard InChI is InChI=1S/C18H24F3N5O/c1-12(2)23-15(27)11-26-8-6-25(7-9-26)10-14-13-4-3-5-22-17(13)24-16(14)18(19,20)21/h3-5,12H,6-11H2,1-2H3,(H,22,24)(H,23,27). The molecule has 148 valence electrons. The molecule has 1 saturated heterocycles. The van der Waals surface area contributed by atoms with Crippen LogP contribution in [0.15, 0.2) is 18.3 Å². The van der Waals surface area contributed by atoms with E-state index in [2.05, 4.69) is 15.3 Å². The molecule has 0 bridgehead atoms. The van der Waals surface area contributed by atoms with Gasteiger partial charge in [-0.15, -0.1) is 0 Å². The van der Waals surface area contributed by atoms with Gasteiger partial charge in [-0.1, -0.05) is 0 Å². The molecular formula is C18H24F3N5O. The normalized spacial score (nSPS) is 17.0. The molecule has 2 N–H and O–H groups in total. The van der Waals surface area contributed by atoms with Crippen molar-refractivity contribution < 1.29 is 18.0 Å². The van der Waals surface area contributed by atoms with Crippen LogP contribution in [-0.2, 0) is 17.5 Å². The summed E-state index contributed by atoms with van der Waals surface area (Å²) in [5.41, 5.74) is -0.240. The van der Waals surface area contributed by atoms with E-state index in [1.807, 2.05) is 23.6 Å². The Hall–Kier alpha value is -2.13. The molecule has 0 aromatic carbocycles. The van der Waals surface area contributed by atoms with Crippen molar-refractivity contribution in [2.75, 3.05) is 32.7 Å². The number of aromatic nitrogens is 2. The topological polar surface area (TPSA) is 64.3 Å². The fraction of sp³-hybridized carbons (Fsp3) is 0.556. The number of piperazine rings is 1. The maximum atomic E-state index is 13.4. The molecule has 9 heteroatoms. The highest BCUT2D eigenvalue weighted by Gasteiger charge is 2.37. The van der Waals surface area contributed by atoms with Gasteiger partial charge in [-0.25, -0.2) is 4.98 Å². The Morgan fingerprint density at radius 2 is 1.93 bits per heavy atom. The van der Waals surface area contributed by atoms with Crippen LogP contribution in [0.2, 0.25) is 0 Å². The number of hydrogen-bond donors (Lipinski definition) is 2. The van der Waals surface area contributed by atoms with Gasteiger partial charge in [0.25, 0.3) is 0 Å². The number of aromatic amines is 1. The van der Waals surface area contributed by atoms with Crippen LogP contribution in [0.3, 0.4) is 0 Å². The van der Waals surface area contributed by atoms with Crippen molar-refractivity contribution in [3.05, 3.63) is 29.6 Å². The molecular weight excluding hydrogens is 359 g/mol. The minimum atomic E-state index is -4.45. The van der Waals surface area contributed by atoms with Crippen LogP contribution in [0.1, 0.15) is 25.1 Å². The van der Waals surface area contributed by atoms with Crippen molar-refractivity contribution in [3.63, 3.8) is 0 Å². The number of amides is 1. The predicted octanol–water partition coefficient (Wildman–Crippen LogP) is 2.22. The number of carbonyl (C=O) groups excluding carboxylic acids is 1. The first kappa shape index (κ1) is 19.6. The number of nitrogens with zero attached hydrogens (tertiary/aromatic N) is 3. The summed E-state index contributed by atoms with van der Waals surface area (Å²) < 4.78 is 40.3. The largest absolute Gasteiger partial charge is 0.431 e. The Labute approximate surface area is 155 Å². The van der Waals surface area contributed by atoms with Crippen LogP contribution in [0.5, 0.6) is 0 Å². The Kier molecular flexibility index (Phi) is 5.71. The number of pyridine rings is 1. The summed E-state index contributed by atoms with van der Waals surface area (Å²) in [5, 5.41) is 3.35. The summed E-state index contributed by atoms with van der Waals surface area (Å²) in [4.78, 5) is 22.3. The average molecular weight is 383 g/mol. The summed E-state index contributed by atoms with van der Waals surface area (Å²) in [6.07, 6.45) is -2.98. The second-order valence-electron chi connectivity index (χ2n) is 7.15. The smallest absolute Gasteiger partial charge is 0.353 e. The molecule has 1 fully saturated rings. The predicted molar refractivity (Wildman–Crippen MR) is 96.1 cm³/mol. The monoisotopic (exact) mass is 383 g/mol. The van der Waals surface area contributed by atoms with Gasteiger partial charge < -0.3 is 10.3 Å². The van der Waals surface area contributed by atoms with Crippen LogP contribution in [0.4, 0.5) is 13.2 Å². The van der Waals surface area contributed by atoms with Crippen molar-refractivity contribution in [2.24, 2.45) is 0 Å². The third-order valence-electron chi connectivity index (χ3n) is 4.62. The van der Waals surface area contributed by atoms with Gasteiger partial charge in [-0.3, -0.25) is 14.6 Å². The molecule has 6 nitrogen and oxygen atoms in total. The summed E-state index contributed by atoms with van der Waals surface area (Å²) >= 11 is 0. The minimum absolute atomic E-state index is 0.0273. The molecule has 0 spiro atoms. The average Bonchev–Trinajstić information content (AvgIpc) is 2.95. The highest BCUT2D eigenvalue weighted by atomic mass is 19.4. The fourth-order valence-corrected chi connectivity index (χ4v) is 3.38. The summed E-state index contributed by atoms with van der Waals surface area (Å²) in [6, 6.07) is 3.40. The number of hydrogen-bond acceptors (Lipinski definition) is 4. The Morgan fingerprint density at radius 1 is 1.26 bits per heavy atom. The first-order chi connectivity index (χ1) is 12.7. The van der Waals surface area contributed by atoms with Crippen LogP contribution in [0.25, 0.3) is 11.0 Å². The molecule has 1 amide bonds. The third-order valence-corrected chi connectivity index (χ3v) is 4.62. The molecule has 0 radical (unpaired) electrons. The van der Waals surface area contributed by atoms with Crippen molar-refractivity contribution in [3.8, 4) is 0 Å². The van der Waals surface area contributed by atoms with E-state index in [0.29, 0.717) is 38.1 Å². The lowest BCUT2D eigenvalue weighted by Crippen LogP contribution is -2.49. The van der Waals surface area contributed by atoms with Gasteiger partial charge in [0.05, 0.1) is 6.54 Å². The van der Waals surface area contributed by atoms with Gasteiger partial charge in [0.2, 0.25) is 5.91 Å². The Bertz CT molecular complexity index is 794. The minimum Gasteiger partial charge on any atom is -0.353 e. The zero-order chi connectivity index (χ0) is 19.6. The molecule has 3 rings (SSSR count). The number of H-pyrrole nitrogens is 1. The zero-order valence-corrected chi connectivity index (χ0v) is 15.4. The number of rotatable bonds is 5. The second kappa shape index (κ2) is 7.85. The number of nitrogens with one attached hydrogen (secondary N) is 2. The van der Waals surface area contributed by atoms with Gasteiger partial charge >= 0.3 is 6.18 Å². The Morgan fingerprint density at radius 3 is 2.56 bits per heavy atom. The highest BCUT2D eigenvalue weighted by Crippen LogP contribution is 2.35. The molecule has 27 heavy (non-hydrogen) atoms. The quantitative estimate of drug-likeness (QED) is 0.831. The van der Waals surface area contributed by atoms with E-state index >= 15 is 0 Å². The molecule has 0 saturated carbocycles. The summed E-state index contributed by atoms with van der Waals surface area (Å²) in [7, 11) is 0. The first-order valence-electron chi connectivity index (χ1n) is 9.01.